The molecule has 2 N–H and O–H groups in total. The van der Waals surface area contributed by atoms with Crippen LogP contribution < -0.4 is 14.4 Å². The zero-order valence-electron chi connectivity index (χ0n) is 19.0. The highest BCUT2D eigenvalue weighted by atomic mass is 32.2. The Morgan fingerprint density at radius 3 is 2.19 bits per heavy atom. The topological polar surface area (TPSA) is 99.2 Å². The summed E-state index contributed by atoms with van der Waals surface area (Å²) in [5.74, 6) is -4.17. The number of aliphatic carboxylic acids is 1. The highest BCUT2D eigenvalue weighted by Gasteiger charge is 2.38. The number of carboxylic acid groups (broad SMARTS) is 1. The Morgan fingerprint density at radius 2 is 1.67 bits per heavy atom. The molecule has 1 aliphatic rings. The number of nitrogens with zero attached hydrogens (tertiary/aromatic N) is 2. The molecular weight excluding hydrogens is 520 g/mol. The van der Waals surface area contributed by atoms with Crippen LogP contribution in [0.25, 0.3) is 0 Å². The van der Waals surface area contributed by atoms with Gasteiger partial charge in [0.25, 0.3) is 10.0 Å². The van der Waals surface area contributed by atoms with Crippen LogP contribution in [0, 0.1) is 12.7 Å². The Morgan fingerprint density at radius 1 is 1.08 bits per heavy atom. The molecule has 0 unspecified atom stereocenters. The standard InChI is InChI=1S/C19H22F3N3O3S.C2HF3O2/c1-13-3-5-15(12-17(13)25-9-7-24(2)8-10-25)29(26,27)23-16-6-4-14(20)11-18(16)28-19(21)22;3-2(4,5)1(6)7/h3-6,11-12,19,23H,7-10H2,1-2H3;(H,6,7). The third kappa shape index (κ3) is 8.19. The Labute approximate surface area is 203 Å². The number of benzene rings is 2. The predicted molar refractivity (Wildman–Crippen MR) is 118 cm³/mol. The molecule has 0 aliphatic carbocycles. The summed E-state index contributed by atoms with van der Waals surface area (Å²) in [5, 5.41) is 7.12. The van der Waals surface area contributed by atoms with Gasteiger partial charge in [0.05, 0.1) is 10.6 Å². The van der Waals surface area contributed by atoms with Gasteiger partial charge in [-0.15, -0.1) is 0 Å². The van der Waals surface area contributed by atoms with Crippen molar-refractivity contribution < 1.29 is 49.4 Å². The molecule has 200 valence electrons. The van der Waals surface area contributed by atoms with Gasteiger partial charge in [0.2, 0.25) is 0 Å². The van der Waals surface area contributed by atoms with Crippen LogP contribution in [0.1, 0.15) is 5.56 Å². The second-order valence-electron chi connectivity index (χ2n) is 7.67. The van der Waals surface area contributed by atoms with Crippen molar-refractivity contribution in [1.82, 2.24) is 4.90 Å². The number of rotatable bonds is 6. The van der Waals surface area contributed by atoms with E-state index in [1.165, 1.54) is 6.07 Å². The number of hydrogen-bond donors (Lipinski definition) is 2. The minimum absolute atomic E-state index is 0.0237. The molecule has 36 heavy (non-hydrogen) atoms. The second-order valence-corrected chi connectivity index (χ2v) is 9.35. The summed E-state index contributed by atoms with van der Waals surface area (Å²) >= 11 is 0. The number of alkyl halides is 5. The van der Waals surface area contributed by atoms with Crippen molar-refractivity contribution >= 4 is 27.4 Å². The molecule has 0 amide bonds. The molecule has 15 heteroatoms. The lowest BCUT2D eigenvalue weighted by Gasteiger charge is -2.35. The number of carbonyl (C=O) groups is 1. The molecule has 1 fully saturated rings. The molecule has 2 aromatic carbocycles. The van der Waals surface area contributed by atoms with Crippen molar-refractivity contribution in [2.45, 2.75) is 24.6 Å². The Balaban J connectivity index is 0.000000572. The second kappa shape index (κ2) is 11.7. The lowest BCUT2D eigenvalue weighted by Crippen LogP contribution is -2.44. The van der Waals surface area contributed by atoms with Crippen LogP contribution in [0.4, 0.5) is 37.7 Å². The number of halogens is 6. The number of likely N-dealkylation sites (N-methyl/N-ethyl adjacent to an activating group) is 1. The van der Waals surface area contributed by atoms with Crippen LogP contribution in [0.15, 0.2) is 41.3 Å². The van der Waals surface area contributed by atoms with Crippen molar-refractivity contribution in [3.63, 3.8) is 0 Å². The first-order valence-electron chi connectivity index (χ1n) is 10.2. The first-order valence-corrected chi connectivity index (χ1v) is 11.7. The van der Waals surface area contributed by atoms with E-state index in [-0.39, 0.29) is 10.6 Å². The maximum absolute atomic E-state index is 13.4. The number of sulfonamides is 1. The number of carboxylic acids is 1. The quantitative estimate of drug-likeness (QED) is 0.533. The molecule has 0 atom stereocenters. The molecular formula is C21H23F6N3O5S. The number of hydrogen-bond acceptors (Lipinski definition) is 6. The van der Waals surface area contributed by atoms with E-state index in [9.17, 15) is 34.8 Å². The van der Waals surface area contributed by atoms with Gasteiger partial charge in [-0.05, 0) is 43.8 Å². The van der Waals surface area contributed by atoms with Crippen molar-refractivity contribution in [3.05, 3.63) is 47.8 Å². The van der Waals surface area contributed by atoms with E-state index in [0.717, 1.165) is 49.6 Å². The Hall–Kier alpha value is -3.20. The first-order chi connectivity index (χ1) is 16.6. The molecule has 1 heterocycles. The highest BCUT2D eigenvalue weighted by molar-refractivity contribution is 7.92. The Kier molecular flexibility index (Phi) is 9.43. The van der Waals surface area contributed by atoms with Crippen LogP contribution in [-0.4, -0.2) is 70.4 Å². The average Bonchev–Trinajstić information content (AvgIpc) is 2.76. The number of piperazine rings is 1. The average molecular weight is 543 g/mol. The van der Waals surface area contributed by atoms with E-state index in [4.69, 9.17) is 9.90 Å². The number of nitrogens with one attached hydrogen (secondary N) is 1. The molecule has 0 radical (unpaired) electrons. The molecule has 8 nitrogen and oxygen atoms in total. The van der Waals surface area contributed by atoms with E-state index >= 15 is 0 Å². The molecule has 0 spiro atoms. The largest absolute Gasteiger partial charge is 0.490 e. The smallest absolute Gasteiger partial charge is 0.475 e. The van der Waals surface area contributed by atoms with Gasteiger partial charge in [-0.1, -0.05) is 6.07 Å². The monoisotopic (exact) mass is 543 g/mol. The lowest BCUT2D eigenvalue weighted by molar-refractivity contribution is -0.192. The summed E-state index contributed by atoms with van der Waals surface area (Å²) in [6.07, 6.45) is -5.08. The summed E-state index contributed by atoms with van der Waals surface area (Å²) in [4.78, 5) is 13.2. The maximum Gasteiger partial charge on any atom is 0.490 e. The fourth-order valence-corrected chi connectivity index (χ4v) is 4.21. The van der Waals surface area contributed by atoms with Gasteiger partial charge in [0.15, 0.2) is 5.75 Å². The fraction of sp³-hybridized carbons (Fsp3) is 0.381. The van der Waals surface area contributed by atoms with Crippen LogP contribution in [0.3, 0.4) is 0 Å². The minimum atomic E-state index is -5.08. The van der Waals surface area contributed by atoms with Crippen LogP contribution >= 0.6 is 0 Å². The Bertz CT molecular complexity index is 1170. The molecule has 0 aromatic heterocycles. The molecule has 2 aromatic rings. The summed E-state index contributed by atoms with van der Waals surface area (Å²) < 4.78 is 102. The van der Waals surface area contributed by atoms with Gasteiger partial charge in [-0.25, -0.2) is 17.6 Å². The van der Waals surface area contributed by atoms with Gasteiger partial charge in [-0.3, -0.25) is 4.72 Å². The zero-order valence-corrected chi connectivity index (χ0v) is 19.8. The van der Waals surface area contributed by atoms with Gasteiger partial charge < -0.3 is 19.6 Å². The fourth-order valence-electron chi connectivity index (χ4n) is 3.12. The summed E-state index contributed by atoms with van der Waals surface area (Å²) in [6.45, 7) is 1.92. The van der Waals surface area contributed by atoms with Gasteiger partial charge in [0, 0.05) is 37.9 Å². The molecule has 1 aliphatic heterocycles. The molecule has 0 saturated carbocycles. The van der Waals surface area contributed by atoms with E-state index in [2.05, 4.69) is 19.3 Å². The van der Waals surface area contributed by atoms with Crippen LogP contribution in [0.5, 0.6) is 5.75 Å². The normalized spacial score (nSPS) is 14.8. The third-order valence-electron chi connectivity index (χ3n) is 4.98. The van der Waals surface area contributed by atoms with Gasteiger partial charge in [-0.2, -0.15) is 22.0 Å². The van der Waals surface area contributed by atoms with E-state index in [1.807, 2.05) is 14.0 Å². The van der Waals surface area contributed by atoms with Crippen molar-refractivity contribution in [2.24, 2.45) is 0 Å². The van der Waals surface area contributed by atoms with E-state index < -0.39 is 40.3 Å². The molecule has 1 saturated heterocycles. The van der Waals surface area contributed by atoms with E-state index in [0.29, 0.717) is 6.07 Å². The van der Waals surface area contributed by atoms with E-state index in [1.54, 1.807) is 12.1 Å². The summed E-state index contributed by atoms with van der Waals surface area (Å²) in [5.41, 5.74) is 1.45. The van der Waals surface area contributed by atoms with Gasteiger partial charge >= 0.3 is 18.8 Å². The maximum atomic E-state index is 13.4. The van der Waals surface area contributed by atoms with Crippen molar-refractivity contribution in [3.8, 4) is 5.75 Å². The number of anilines is 2. The zero-order chi connectivity index (χ0) is 27.3. The molecule has 0 bridgehead atoms. The number of ether oxygens (including phenoxy) is 1. The van der Waals surface area contributed by atoms with Crippen LogP contribution in [0.2, 0.25) is 0 Å². The summed E-state index contributed by atoms with van der Waals surface area (Å²) in [7, 11) is -2.08. The molecule has 3 rings (SSSR count). The van der Waals surface area contributed by atoms with Crippen LogP contribution in [-0.2, 0) is 14.8 Å². The SMILES string of the molecule is Cc1ccc(S(=O)(=O)Nc2ccc(F)cc2OC(F)F)cc1N1CCN(C)CC1.O=C(O)C(F)(F)F. The number of aryl methyl sites for hydroxylation is 1. The van der Waals surface area contributed by atoms with Gasteiger partial charge in [0.1, 0.15) is 5.82 Å². The van der Waals surface area contributed by atoms with Crippen molar-refractivity contribution in [2.75, 3.05) is 42.8 Å². The predicted octanol–water partition coefficient (Wildman–Crippen LogP) is 3.92. The summed E-state index contributed by atoms with van der Waals surface area (Å²) in [6, 6.07) is 7.40. The highest BCUT2D eigenvalue weighted by Crippen LogP contribution is 2.31. The minimum Gasteiger partial charge on any atom is -0.475 e. The first kappa shape index (κ1) is 29.0. The van der Waals surface area contributed by atoms with Crippen molar-refractivity contribution in [1.29, 1.82) is 0 Å². The third-order valence-corrected chi connectivity index (χ3v) is 6.34. The lowest BCUT2D eigenvalue weighted by atomic mass is 10.1.